The molecule has 5 heterocycles. The van der Waals surface area contributed by atoms with Crippen LogP contribution < -0.4 is 20.3 Å². The average Bonchev–Trinajstić information content (AvgIpc) is 3.38. The lowest BCUT2D eigenvalue weighted by molar-refractivity contribution is 0.102. The van der Waals surface area contributed by atoms with Crippen molar-refractivity contribution in [3.05, 3.63) is 41.7 Å². The smallest absolute Gasteiger partial charge is 0.262 e. The second-order valence-electron chi connectivity index (χ2n) is 8.92. The molecule has 2 aliphatic rings. The lowest BCUT2D eigenvalue weighted by Crippen LogP contribution is -2.42. The molecule has 174 valence electrons. The van der Waals surface area contributed by atoms with Gasteiger partial charge < -0.3 is 24.7 Å². The van der Waals surface area contributed by atoms with Crippen molar-refractivity contribution in [3.8, 4) is 5.88 Å². The van der Waals surface area contributed by atoms with Crippen LogP contribution in [0.1, 0.15) is 42.2 Å². The molecule has 0 aromatic carbocycles. The van der Waals surface area contributed by atoms with Gasteiger partial charge in [0.25, 0.3) is 5.91 Å². The number of halogens is 1. The summed E-state index contributed by atoms with van der Waals surface area (Å²) in [5.41, 5.74) is 1.67. The second kappa shape index (κ2) is 8.58. The van der Waals surface area contributed by atoms with E-state index in [0.717, 1.165) is 32.6 Å². The second-order valence-corrected chi connectivity index (χ2v) is 8.92. The molecule has 3 aromatic rings. The Morgan fingerprint density at radius 2 is 2.21 bits per heavy atom. The maximum atomic E-state index is 14.4. The summed E-state index contributed by atoms with van der Waals surface area (Å²) < 4.78 is 21.6. The van der Waals surface area contributed by atoms with Crippen LogP contribution >= 0.6 is 0 Å². The molecule has 2 fully saturated rings. The molecule has 0 saturated carbocycles. The largest absolute Gasteiger partial charge is 0.477 e. The monoisotopic (exact) mass is 453 g/mol. The van der Waals surface area contributed by atoms with Gasteiger partial charge >= 0.3 is 0 Å². The Morgan fingerprint density at radius 1 is 1.33 bits per heavy atom. The predicted molar refractivity (Wildman–Crippen MR) is 122 cm³/mol. The van der Waals surface area contributed by atoms with Gasteiger partial charge in [0.05, 0.1) is 18.0 Å². The summed E-state index contributed by atoms with van der Waals surface area (Å²) in [6.45, 7) is 7.84. The number of nitrogens with zero attached hydrogens (tertiary/aromatic N) is 5. The SMILES string of the molecule is CCOc1nc(N2CCC3(CCCNC3)C2)ncc1C(=O)Nc1cc(F)c2nc(C)cn2c1. The molecule has 5 rings (SSSR count). The van der Waals surface area contributed by atoms with Crippen LogP contribution in [0.3, 0.4) is 0 Å². The molecule has 0 radical (unpaired) electrons. The summed E-state index contributed by atoms with van der Waals surface area (Å²) in [6, 6.07) is 1.25. The molecule has 2 N–H and O–H groups in total. The van der Waals surface area contributed by atoms with E-state index in [1.165, 1.54) is 25.1 Å². The Labute approximate surface area is 191 Å². The average molecular weight is 454 g/mol. The van der Waals surface area contributed by atoms with Gasteiger partial charge in [-0.15, -0.1) is 0 Å². The van der Waals surface area contributed by atoms with Gasteiger partial charge in [-0.25, -0.2) is 14.4 Å². The minimum absolute atomic E-state index is 0.205. The first-order valence-electron chi connectivity index (χ1n) is 11.4. The number of carbonyl (C=O) groups excluding carboxylic acids is 1. The summed E-state index contributed by atoms with van der Waals surface area (Å²) in [5.74, 6) is -0.186. The summed E-state index contributed by atoms with van der Waals surface area (Å²) >= 11 is 0. The summed E-state index contributed by atoms with van der Waals surface area (Å²) in [6.07, 6.45) is 8.28. The highest BCUT2D eigenvalue weighted by Gasteiger charge is 2.40. The number of imidazole rings is 1. The summed E-state index contributed by atoms with van der Waals surface area (Å²) in [5, 5.41) is 6.23. The number of pyridine rings is 1. The fourth-order valence-electron chi connectivity index (χ4n) is 4.84. The Balaban J connectivity index is 1.37. The molecule has 9 nitrogen and oxygen atoms in total. The molecule has 0 bridgehead atoms. The third-order valence-electron chi connectivity index (χ3n) is 6.43. The first-order chi connectivity index (χ1) is 16.0. The van der Waals surface area contributed by atoms with Gasteiger partial charge in [0.15, 0.2) is 11.5 Å². The molecule has 1 atom stereocenters. The lowest BCUT2D eigenvalue weighted by Gasteiger charge is -2.33. The maximum Gasteiger partial charge on any atom is 0.262 e. The lowest BCUT2D eigenvalue weighted by atomic mass is 9.80. The Morgan fingerprint density at radius 3 is 3.00 bits per heavy atom. The van der Waals surface area contributed by atoms with Crippen LogP contribution in [0.2, 0.25) is 0 Å². The topological polar surface area (TPSA) is 96.7 Å². The fourth-order valence-corrected chi connectivity index (χ4v) is 4.84. The molecule has 10 heteroatoms. The van der Waals surface area contributed by atoms with Gasteiger partial charge in [-0.2, -0.15) is 4.98 Å². The van der Waals surface area contributed by atoms with Crippen LogP contribution in [-0.2, 0) is 0 Å². The third kappa shape index (κ3) is 4.22. The van der Waals surface area contributed by atoms with Crippen molar-refractivity contribution in [1.82, 2.24) is 24.7 Å². The quantitative estimate of drug-likeness (QED) is 0.613. The van der Waals surface area contributed by atoms with Crippen molar-refractivity contribution in [2.75, 3.05) is 43.0 Å². The van der Waals surface area contributed by atoms with Crippen LogP contribution in [0, 0.1) is 18.2 Å². The Hall–Kier alpha value is -3.27. The van der Waals surface area contributed by atoms with Gasteiger partial charge in [0.1, 0.15) is 5.56 Å². The number of nitrogens with one attached hydrogen (secondary N) is 2. The number of rotatable bonds is 5. The van der Waals surface area contributed by atoms with Gasteiger partial charge in [-0.1, -0.05) is 0 Å². The van der Waals surface area contributed by atoms with Gasteiger partial charge in [-0.05, 0) is 39.7 Å². The third-order valence-corrected chi connectivity index (χ3v) is 6.43. The van der Waals surface area contributed by atoms with Crippen molar-refractivity contribution in [2.24, 2.45) is 5.41 Å². The summed E-state index contributed by atoms with van der Waals surface area (Å²) in [7, 11) is 0. The van der Waals surface area contributed by atoms with Gasteiger partial charge in [-0.3, -0.25) is 4.79 Å². The number of aryl methyl sites for hydroxylation is 1. The zero-order valence-electron chi connectivity index (χ0n) is 18.9. The zero-order chi connectivity index (χ0) is 23.0. The molecular weight excluding hydrogens is 425 g/mol. The molecule has 1 amide bonds. The number of ether oxygens (including phenoxy) is 1. The van der Waals surface area contributed by atoms with Crippen molar-refractivity contribution >= 4 is 23.2 Å². The molecule has 1 spiro atoms. The number of amides is 1. The number of piperidine rings is 1. The normalized spacial score (nSPS) is 20.5. The van der Waals surface area contributed by atoms with Crippen LogP contribution in [-0.4, -0.2) is 58.0 Å². The highest BCUT2D eigenvalue weighted by atomic mass is 19.1. The van der Waals surface area contributed by atoms with Crippen LogP contribution in [0.15, 0.2) is 24.7 Å². The van der Waals surface area contributed by atoms with Crippen LogP contribution in [0.5, 0.6) is 5.88 Å². The van der Waals surface area contributed by atoms with Crippen molar-refractivity contribution in [3.63, 3.8) is 0 Å². The van der Waals surface area contributed by atoms with E-state index in [1.54, 1.807) is 23.7 Å². The van der Waals surface area contributed by atoms with Gasteiger partial charge in [0, 0.05) is 49.7 Å². The molecule has 3 aromatic heterocycles. The molecule has 2 saturated heterocycles. The van der Waals surface area contributed by atoms with E-state index >= 15 is 0 Å². The van der Waals surface area contributed by atoms with Gasteiger partial charge in [0.2, 0.25) is 11.8 Å². The molecule has 2 aliphatic heterocycles. The maximum absolute atomic E-state index is 14.4. The number of fused-ring (bicyclic) bond motifs is 1. The van der Waals surface area contributed by atoms with Crippen LogP contribution in [0.25, 0.3) is 5.65 Å². The van der Waals surface area contributed by atoms with E-state index in [9.17, 15) is 9.18 Å². The first kappa shape index (κ1) is 21.6. The number of anilines is 2. The van der Waals surface area contributed by atoms with E-state index < -0.39 is 11.7 Å². The van der Waals surface area contributed by atoms with E-state index in [1.807, 2.05) is 6.92 Å². The number of aromatic nitrogens is 4. The molecule has 0 aliphatic carbocycles. The van der Waals surface area contributed by atoms with E-state index in [4.69, 9.17) is 4.74 Å². The summed E-state index contributed by atoms with van der Waals surface area (Å²) in [4.78, 5) is 28.4. The zero-order valence-corrected chi connectivity index (χ0v) is 18.9. The highest BCUT2D eigenvalue weighted by molar-refractivity contribution is 6.05. The minimum atomic E-state index is -0.516. The standard InChI is InChI=1S/C23H28FN7O2/c1-3-33-21-17(20(32)28-16-9-18(24)19-27-15(2)11-31(19)12-16)10-26-22(29-21)30-8-6-23(14-30)5-4-7-25-13-23/h9-12,25H,3-8,13-14H2,1-2H3,(H,28,32). The van der Waals surface area contributed by atoms with E-state index in [0.29, 0.717) is 23.9 Å². The highest BCUT2D eigenvalue weighted by Crippen LogP contribution is 2.38. The van der Waals surface area contributed by atoms with E-state index in [-0.39, 0.29) is 22.5 Å². The van der Waals surface area contributed by atoms with Crippen molar-refractivity contribution < 1.29 is 13.9 Å². The molecular formula is C23H28FN7O2. The van der Waals surface area contributed by atoms with Crippen LogP contribution in [0.4, 0.5) is 16.0 Å². The predicted octanol–water partition coefficient (Wildman–Crippen LogP) is 2.80. The minimum Gasteiger partial charge on any atom is -0.477 e. The van der Waals surface area contributed by atoms with E-state index in [2.05, 4.69) is 30.5 Å². The molecule has 1 unspecified atom stereocenters. The number of carbonyl (C=O) groups is 1. The van der Waals surface area contributed by atoms with Crippen molar-refractivity contribution in [2.45, 2.75) is 33.1 Å². The first-order valence-corrected chi connectivity index (χ1v) is 11.4. The Bertz CT molecular complexity index is 1190. The van der Waals surface area contributed by atoms with Crippen molar-refractivity contribution in [1.29, 1.82) is 0 Å². The number of hydrogen-bond donors (Lipinski definition) is 2. The molecule has 33 heavy (non-hydrogen) atoms. The number of hydrogen-bond acceptors (Lipinski definition) is 7. The fraction of sp³-hybridized carbons (Fsp3) is 0.478. The Kier molecular flexibility index (Phi) is 5.61.